The van der Waals surface area contributed by atoms with Crippen molar-refractivity contribution >= 4 is 6.03 Å². The Kier molecular flexibility index (Phi) is 5.90. The fraction of sp³-hybridized carbons (Fsp3) is 0.444. The Morgan fingerprint density at radius 1 is 1.44 bits per heavy atom. The van der Waals surface area contributed by atoms with Crippen molar-refractivity contribution in [2.24, 2.45) is 0 Å². The second-order valence-electron chi connectivity index (χ2n) is 6.07. The van der Waals surface area contributed by atoms with E-state index in [0.717, 1.165) is 36.5 Å². The molecule has 1 fully saturated rings. The summed E-state index contributed by atoms with van der Waals surface area (Å²) in [5.41, 5.74) is 1.84. The highest BCUT2D eigenvalue weighted by molar-refractivity contribution is 5.74. The molecule has 1 unspecified atom stereocenters. The van der Waals surface area contributed by atoms with Crippen molar-refractivity contribution in [1.29, 1.82) is 0 Å². The highest BCUT2D eigenvalue weighted by Gasteiger charge is 2.23. The van der Waals surface area contributed by atoms with Crippen molar-refractivity contribution in [3.8, 4) is 5.75 Å². The van der Waals surface area contributed by atoms with Gasteiger partial charge in [-0.3, -0.25) is 5.10 Å². The van der Waals surface area contributed by atoms with Gasteiger partial charge in [0.15, 0.2) is 0 Å². The molecule has 2 amide bonds. The number of hydrogen-bond acceptors (Lipinski definition) is 4. The summed E-state index contributed by atoms with van der Waals surface area (Å²) in [5.74, 6) is 0.779. The van der Waals surface area contributed by atoms with Gasteiger partial charge in [0, 0.05) is 24.9 Å². The van der Waals surface area contributed by atoms with Crippen molar-refractivity contribution in [3.63, 3.8) is 0 Å². The maximum Gasteiger partial charge on any atom is 0.318 e. The zero-order chi connectivity index (χ0) is 17.5. The second-order valence-corrected chi connectivity index (χ2v) is 6.07. The van der Waals surface area contributed by atoms with Gasteiger partial charge in [0.05, 0.1) is 32.0 Å². The van der Waals surface area contributed by atoms with Gasteiger partial charge in [0.25, 0.3) is 0 Å². The third kappa shape index (κ3) is 4.73. The molecule has 2 aromatic rings. The molecule has 1 atom stereocenters. The van der Waals surface area contributed by atoms with E-state index in [0.29, 0.717) is 19.6 Å². The van der Waals surface area contributed by atoms with E-state index in [1.807, 2.05) is 30.3 Å². The van der Waals surface area contributed by atoms with E-state index in [2.05, 4.69) is 15.5 Å². The molecule has 1 saturated heterocycles. The number of aromatic amines is 1. The van der Waals surface area contributed by atoms with Crippen LogP contribution >= 0.6 is 0 Å². The molecule has 0 spiro atoms. The van der Waals surface area contributed by atoms with Crippen LogP contribution in [0, 0.1) is 0 Å². The zero-order valence-electron chi connectivity index (χ0n) is 14.4. The average molecular weight is 344 g/mol. The highest BCUT2D eigenvalue weighted by atomic mass is 16.5. The summed E-state index contributed by atoms with van der Waals surface area (Å²) in [4.78, 5) is 14.5. The summed E-state index contributed by atoms with van der Waals surface area (Å²) in [7, 11) is 1.64. The molecule has 25 heavy (non-hydrogen) atoms. The van der Waals surface area contributed by atoms with Gasteiger partial charge in [-0.15, -0.1) is 0 Å². The number of amides is 2. The monoisotopic (exact) mass is 344 g/mol. The zero-order valence-corrected chi connectivity index (χ0v) is 14.4. The van der Waals surface area contributed by atoms with Gasteiger partial charge < -0.3 is 19.7 Å². The average Bonchev–Trinajstić information content (AvgIpc) is 3.33. The van der Waals surface area contributed by atoms with Crippen LogP contribution in [-0.4, -0.2) is 47.5 Å². The molecule has 0 saturated carbocycles. The molecule has 2 heterocycles. The van der Waals surface area contributed by atoms with Gasteiger partial charge in [0.2, 0.25) is 0 Å². The van der Waals surface area contributed by atoms with E-state index in [1.165, 1.54) is 0 Å². The molecule has 1 aromatic heterocycles. The second kappa shape index (κ2) is 8.53. The first-order valence-corrected chi connectivity index (χ1v) is 8.51. The largest absolute Gasteiger partial charge is 0.496 e. The van der Waals surface area contributed by atoms with Crippen LogP contribution < -0.4 is 10.1 Å². The van der Waals surface area contributed by atoms with Crippen molar-refractivity contribution in [2.75, 3.05) is 20.3 Å². The number of para-hydroxylation sites is 1. The van der Waals surface area contributed by atoms with Crippen molar-refractivity contribution in [1.82, 2.24) is 20.4 Å². The van der Waals surface area contributed by atoms with Gasteiger partial charge in [0.1, 0.15) is 5.75 Å². The SMILES string of the molecule is COc1ccccc1CN(CC1CCCO1)C(=O)NCc1ccn[nH]1. The Hall–Kier alpha value is -2.54. The van der Waals surface area contributed by atoms with Crippen LogP contribution in [0.2, 0.25) is 0 Å². The van der Waals surface area contributed by atoms with Crippen LogP contribution in [0.3, 0.4) is 0 Å². The predicted octanol–water partition coefficient (Wildman–Crippen LogP) is 2.31. The molecular formula is C18H24N4O3. The van der Waals surface area contributed by atoms with E-state index in [4.69, 9.17) is 9.47 Å². The molecule has 7 nitrogen and oxygen atoms in total. The van der Waals surface area contributed by atoms with Gasteiger partial charge in [-0.1, -0.05) is 18.2 Å². The minimum atomic E-state index is -0.129. The fourth-order valence-electron chi connectivity index (χ4n) is 2.96. The number of ether oxygens (including phenoxy) is 2. The first-order chi connectivity index (χ1) is 12.3. The Morgan fingerprint density at radius 3 is 3.04 bits per heavy atom. The molecule has 0 bridgehead atoms. The Labute approximate surface area is 147 Å². The van der Waals surface area contributed by atoms with Crippen LogP contribution in [0.15, 0.2) is 36.5 Å². The first kappa shape index (κ1) is 17.3. The number of hydrogen-bond donors (Lipinski definition) is 2. The summed E-state index contributed by atoms with van der Waals surface area (Å²) < 4.78 is 11.1. The number of carbonyl (C=O) groups excluding carboxylic acids is 1. The third-order valence-electron chi connectivity index (χ3n) is 4.28. The smallest absolute Gasteiger partial charge is 0.318 e. The van der Waals surface area contributed by atoms with Gasteiger partial charge in [-0.25, -0.2) is 4.79 Å². The quantitative estimate of drug-likeness (QED) is 0.808. The standard InChI is InChI=1S/C18H24N4O3/c1-24-17-7-3-2-5-14(17)12-22(13-16-6-4-10-25-16)18(23)19-11-15-8-9-20-21-15/h2-3,5,7-9,16H,4,6,10-13H2,1H3,(H,19,23)(H,20,21). The lowest BCUT2D eigenvalue weighted by Gasteiger charge is -2.26. The molecule has 1 aliphatic rings. The lowest BCUT2D eigenvalue weighted by atomic mass is 10.1. The predicted molar refractivity (Wildman–Crippen MR) is 93.2 cm³/mol. The minimum Gasteiger partial charge on any atom is -0.496 e. The number of rotatable bonds is 7. The summed E-state index contributed by atoms with van der Waals surface area (Å²) >= 11 is 0. The Morgan fingerprint density at radius 2 is 2.32 bits per heavy atom. The summed E-state index contributed by atoms with van der Waals surface area (Å²) in [6, 6.07) is 9.46. The molecule has 0 aliphatic carbocycles. The number of benzene rings is 1. The van der Waals surface area contributed by atoms with E-state index in [1.54, 1.807) is 18.2 Å². The molecular weight excluding hydrogens is 320 g/mol. The normalized spacial score (nSPS) is 16.6. The molecule has 0 radical (unpaired) electrons. The molecule has 3 rings (SSSR count). The molecule has 7 heteroatoms. The maximum absolute atomic E-state index is 12.7. The minimum absolute atomic E-state index is 0.0904. The number of carbonyl (C=O) groups is 1. The van der Waals surface area contributed by atoms with E-state index in [9.17, 15) is 4.79 Å². The van der Waals surface area contributed by atoms with E-state index in [-0.39, 0.29) is 12.1 Å². The Bertz CT molecular complexity index is 669. The number of methoxy groups -OCH3 is 1. The van der Waals surface area contributed by atoms with Crippen molar-refractivity contribution in [2.45, 2.75) is 32.0 Å². The van der Waals surface area contributed by atoms with Crippen molar-refractivity contribution in [3.05, 3.63) is 47.8 Å². The van der Waals surface area contributed by atoms with Gasteiger partial charge in [-0.2, -0.15) is 5.10 Å². The number of H-pyrrole nitrogens is 1. The Balaban J connectivity index is 1.68. The number of aromatic nitrogens is 2. The van der Waals surface area contributed by atoms with E-state index >= 15 is 0 Å². The summed E-state index contributed by atoms with van der Waals surface area (Å²) in [5, 5.41) is 9.67. The van der Waals surface area contributed by atoms with E-state index < -0.39 is 0 Å². The number of urea groups is 1. The lowest BCUT2D eigenvalue weighted by Crippen LogP contribution is -2.43. The highest BCUT2D eigenvalue weighted by Crippen LogP contribution is 2.21. The van der Waals surface area contributed by atoms with Crippen molar-refractivity contribution < 1.29 is 14.3 Å². The van der Waals surface area contributed by atoms with Crippen LogP contribution in [0.25, 0.3) is 0 Å². The van der Waals surface area contributed by atoms with Gasteiger partial charge in [-0.05, 0) is 25.0 Å². The molecule has 134 valence electrons. The topological polar surface area (TPSA) is 79.5 Å². The molecule has 1 aliphatic heterocycles. The number of nitrogens with one attached hydrogen (secondary N) is 2. The third-order valence-corrected chi connectivity index (χ3v) is 4.28. The first-order valence-electron chi connectivity index (χ1n) is 8.51. The van der Waals surface area contributed by atoms with Crippen LogP contribution in [0.4, 0.5) is 4.79 Å². The molecule has 1 aromatic carbocycles. The summed E-state index contributed by atoms with van der Waals surface area (Å²) in [6.45, 7) is 2.21. The van der Waals surface area contributed by atoms with Crippen LogP contribution in [0.5, 0.6) is 5.75 Å². The summed E-state index contributed by atoms with van der Waals surface area (Å²) in [6.07, 6.45) is 3.78. The molecule has 2 N–H and O–H groups in total. The maximum atomic E-state index is 12.7. The van der Waals surface area contributed by atoms with Gasteiger partial charge >= 0.3 is 6.03 Å². The van der Waals surface area contributed by atoms with Crippen LogP contribution in [0.1, 0.15) is 24.1 Å². The number of nitrogens with zero attached hydrogens (tertiary/aromatic N) is 2. The van der Waals surface area contributed by atoms with Crippen LogP contribution in [-0.2, 0) is 17.8 Å². The fourth-order valence-corrected chi connectivity index (χ4v) is 2.96. The lowest BCUT2D eigenvalue weighted by molar-refractivity contribution is 0.0792.